The zero-order valence-electron chi connectivity index (χ0n) is 20.8. The van der Waals surface area contributed by atoms with E-state index in [-0.39, 0.29) is 42.7 Å². The number of rotatable bonds is 7. The highest BCUT2D eigenvalue weighted by Crippen LogP contribution is 2.33. The molecule has 196 valence electrons. The number of hydrogen-bond acceptors (Lipinski definition) is 9. The number of methoxy groups -OCH3 is 2. The first-order valence-corrected chi connectivity index (χ1v) is 12.3. The lowest BCUT2D eigenvalue weighted by Crippen LogP contribution is -2.59. The summed E-state index contributed by atoms with van der Waals surface area (Å²) >= 11 is 6.29. The Bertz CT molecular complexity index is 1190. The van der Waals surface area contributed by atoms with Crippen molar-refractivity contribution < 1.29 is 24.2 Å². The summed E-state index contributed by atoms with van der Waals surface area (Å²) in [5.41, 5.74) is 2.43. The Kier molecular flexibility index (Phi) is 8.31. The van der Waals surface area contributed by atoms with E-state index in [1.54, 1.807) is 7.11 Å². The number of fused-ring (bicyclic) bond motifs is 1. The Labute approximate surface area is 220 Å². The fraction of sp³-hybridized carbons (Fsp3) is 0.480. The van der Waals surface area contributed by atoms with Gasteiger partial charge < -0.3 is 24.4 Å². The minimum atomic E-state index is -1.02. The first-order chi connectivity index (χ1) is 17.8. The monoisotopic (exact) mass is 528 g/mol. The van der Waals surface area contributed by atoms with Crippen molar-refractivity contribution in [2.45, 2.75) is 44.4 Å². The quantitative estimate of drug-likeness (QED) is 0.422. The molecule has 12 heteroatoms. The Morgan fingerprint density at radius 3 is 2.59 bits per heavy atom. The van der Waals surface area contributed by atoms with E-state index < -0.39 is 6.09 Å². The number of nitrogens with zero attached hydrogens (tertiary/aromatic N) is 6. The average Bonchev–Trinajstić information content (AvgIpc) is 2.89. The number of piperazine rings is 1. The van der Waals surface area contributed by atoms with Crippen LogP contribution >= 0.6 is 11.6 Å². The largest absolute Gasteiger partial charge is 0.497 e. The number of halogens is 1. The topological polar surface area (TPSA) is 132 Å². The van der Waals surface area contributed by atoms with E-state index in [2.05, 4.69) is 20.9 Å². The second-order valence-electron chi connectivity index (χ2n) is 9.08. The molecule has 0 saturated carbocycles. The lowest BCUT2D eigenvalue weighted by Gasteiger charge is -2.47. The van der Waals surface area contributed by atoms with Crippen LogP contribution in [0.25, 0.3) is 0 Å². The van der Waals surface area contributed by atoms with Crippen LogP contribution in [-0.2, 0) is 29.0 Å². The number of benzene rings is 1. The summed E-state index contributed by atoms with van der Waals surface area (Å²) in [4.78, 5) is 38.3. The number of nitriles is 1. The summed E-state index contributed by atoms with van der Waals surface area (Å²) in [5, 5.41) is 19.0. The van der Waals surface area contributed by atoms with E-state index in [1.807, 2.05) is 29.2 Å². The highest BCUT2D eigenvalue weighted by Gasteiger charge is 2.38. The van der Waals surface area contributed by atoms with Crippen molar-refractivity contribution in [3.8, 4) is 11.8 Å². The van der Waals surface area contributed by atoms with E-state index in [0.29, 0.717) is 44.1 Å². The van der Waals surface area contributed by atoms with Crippen molar-refractivity contribution in [1.82, 2.24) is 19.8 Å². The van der Waals surface area contributed by atoms with Crippen LogP contribution in [0.2, 0.25) is 5.28 Å². The van der Waals surface area contributed by atoms with Gasteiger partial charge in [-0.25, -0.2) is 14.8 Å². The Hall–Kier alpha value is -3.62. The maximum absolute atomic E-state index is 12.4. The van der Waals surface area contributed by atoms with Crippen molar-refractivity contribution in [3.63, 3.8) is 0 Å². The maximum atomic E-state index is 12.4. The van der Waals surface area contributed by atoms with Crippen LogP contribution in [0.15, 0.2) is 24.3 Å². The van der Waals surface area contributed by atoms with Crippen LogP contribution in [0.1, 0.15) is 29.7 Å². The summed E-state index contributed by atoms with van der Waals surface area (Å²) in [7, 11) is 2.97. The number of anilines is 1. The first kappa shape index (κ1) is 26.4. The van der Waals surface area contributed by atoms with E-state index in [4.69, 9.17) is 21.1 Å². The number of hydrogen-bond donors (Lipinski definition) is 1. The maximum Gasteiger partial charge on any atom is 0.407 e. The third-order valence-electron chi connectivity index (χ3n) is 6.87. The molecule has 1 aromatic heterocycles. The van der Waals surface area contributed by atoms with Gasteiger partial charge in [-0.3, -0.25) is 9.69 Å². The predicted octanol–water partition coefficient (Wildman–Crippen LogP) is 2.71. The van der Waals surface area contributed by atoms with Gasteiger partial charge in [0.2, 0.25) is 5.28 Å². The zero-order valence-corrected chi connectivity index (χ0v) is 21.5. The molecule has 2 unspecified atom stereocenters. The SMILES string of the molecule is COC(=O)CC1CN(Cc2ccc(OC)cc2)C(CC#N)CN1c1nc(Cl)nc2c1CCN(C(=O)O)C2. The first-order valence-electron chi connectivity index (χ1n) is 11.9. The highest BCUT2D eigenvalue weighted by molar-refractivity contribution is 6.28. The molecule has 1 aromatic carbocycles. The van der Waals surface area contributed by atoms with E-state index in [1.165, 1.54) is 12.0 Å². The zero-order chi connectivity index (χ0) is 26.5. The molecule has 1 saturated heterocycles. The number of amides is 1. The Morgan fingerprint density at radius 2 is 1.95 bits per heavy atom. The minimum Gasteiger partial charge on any atom is -0.497 e. The molecule has 4 rings (SSSR count). The van der Waals surface area contributed by atoms with Crippen molar-refractivity contribution in [2.75, 3.05) is 38.8 Å². The van der Waals surface area contributed by atoms with Crippen LogP contribution in [-0.4, -0.2) is 82.9 Å². The summed E-state index contributed by atoms with van der Waals surface area (Å²) in [5.74, 6) is 0.989. The molecule has 1 amide bonds. The van der Waals surface area contributed by atoms with Gasteiger partial charge in [-0.2, -0.15) is 5.26 Å². The van der Waals surface area contributed by atoms with Crippen molar-refractivity contribution in [2.24, 2.45) is 0 Å². The summed E-state index contributed by atoms with van der Waals surface area (Å²) < 4.78 is 10.2. The molecular formula is C25H29ClN6O5. The second-order valence-corrected chi connectivity index (χ2v) is 9.41. The lowest BCUT2D eigenvalue weighted by molar-refractivity contribution is -0.141. The molecule has 0 spiro atoms. The molecule has 1 N–H and O–H groups in total. The fourth-order valence-electron chi connectivity index (χ4n) is 4.96. The molecule has 0 aliphatic carbocycles. The van der Waals surface area contributed by atoms with Gasteiger partial charge in [-0.1, -0.05) is 12.1 Å². The van der Waals surface area contributed by atoms with E-state index >= 15 is 0 Å². The van der Waals surface area contributed by atoms with Gasteiger partial charge in [0, 0.05) is 37.8 Å². The molecule has 1 fully saturated rings. The smallest absolute Gasteiger partial charge is 0.407 e. The van der Waals surface area contributed by atoms with Gasteiger partial charge in [0.05, 0.1) is 51.4 Å². The number of carboxylic acid groups (broad SMARTS) is 1. The molecule has 3 heterocycles. The average molecular weight is 529 g/mol. The third-order valence-corrected chi connectivity index (χ3v) is 7.04. The number of carbonyl (C=O) groups is 2. The second kappa shape index (κ2) is 11.6. The summed E-state index contributed by atoms with van der Waals surface area (Å²) in [6.45, 7) is 1.94. The molecule has 2 aliphatic rings. The fourth-order valence-corrected chi connectivity index (χ4v) is 5.14. The van der Waals surface area contributed by atoms with Gasteiger partial charge in [0.1, 0.15) is 11.6 Å². The van der Waals surface area contributed by atoms with Crippen LogP contribution in [0.4, 0.5) is 10.6 Å². The van der Waals surface area contributed by atoms with Crippen molar-refractivity contribution in [3.05, 3.63) is 46.4 Å². The normalized spacial score (nSPS) is 19.6. The van der Waals surface area contributed by atoms with Crippen LogP contribution in [0.5, 0.6) is 5.75 Å². The molecule has 11 nitrogen and oxygen atoms in total. The number of aromatic nitrogens is 2. The standard InChI is InChI=1S/C25H29ClN6O5/c1-36-19-5-3-16(4-6-19)12-31-13-18(11-22(33)37-2)32(14-17(31)7-9-27)23-20-8-10-30(25(34)35)15-21(20)28-24(26)29-23/h3-6,17-18H,7-8,10-15H2,1-2H3,(H,34,35). The number of ether oxygens (including phenoxy) is 2. The van der Waals surface area contributed by atoms with Crippen LogP contribution in [0, 0.1) is 11.3 Å². The van der Waals surface area contributed by atoms with Gasteiger partial charge in [0.15, 0.2) is 0 Å². The molecule has 0 radical (unpaired) electrons. The Morgan fingerprint density at radius 1 is 1.19 bits per heavy atom. The molecule has 0 bridgehead atoms. The van der Waals surface area contributed by atoms with Crippen LogP contribution < -0.4 is 9.64 Å². The molecule has 2 aliphatic heterocycles. The lowest BCUT2D eigenvalue weighted by atomic mass is 9.98. The van der Waals surface area contributed by atoms with Gasteiger partial charge in [-0.05, 0) is 35.7 Å². The van der Waals surface area contributed by atoms with E-state index in [9.17, 15) is 20.0 Å². The Balaban J connectivity index is 1.67. The highest BCUT2D eigenvalue weighted by atomic mass is 35.5. The van der Waals surface area contributed by atoms with Crippen molar-refractivity contribution >= 4 is 29.5 Å². The van der Waals surface area contributed by atoms with Gasteiger partial charge in [-0.15, -0.1) is 0 Å². The minimum absolute atomic E-state index is 0.00954. The van der Waals surface area contributed by atoms with Crippen LogP contribution in [0.3, 0.4) is 0 Å². The predicted molar refractivity (Wildman–Crippen MR) is 134 cm³/mol. The summed E-state index contributed by atoms with van der Waals surface area (Å²) in [6.07, 6.45) is -0.196. The molecule has 2 atom stereocenters. The summed E-state index contributed by atoms with van der Waals surface area (Å²) in [6, 6.07) is 9.62. The van der Waals surface area contributed by atoms with E-state index in [0.717, 1.165) is 16.9 Å². The number of carbonyl (C=O) groups excluding carboxylic acids is 1. The molecule has 2 aromatic rings. The third kappa shape index (κ3) is 6.03. The molecule has 37 heavy (non-hydrogen) atoms. The van der Waals surface area contributed by atoms with Gasteiger partial charge in [0.25, 0.3) is 0 Å². The number of esters is 1. The van der Waals surface area contributed by atoms with Gasteiger partial charge >= 0.3 is 12.1 Å². The molecular weight excluding hydrogens is 500 g/mol. The van der Waals surface area contributed by atoms with Crippen molar-refractivity contribution in [1.29, 1.82) is 5.26 Å².